The van der Waals surface area contributed by atoms with Crippen molar-refractivity contribution in [3.8, 4) is 11.5 Å². The molecule has 2 aromatic carbocycles. The van der Waals surface area contributed by atoms with Crippen LogP contribution in [0.25, 0.3) is 0 Å². The Labute approximate surface area is 132 Å². The highest BCUT2D eigenvalue weighted by Gasteiger charge is 2.35. The van der Waals surface area contributed by atoms with E-state index in [4.69, 9.17) is 4.74 Å². The van der Waals surface area contributed by atoms with Crippen molar-refractivity contribution >= 4 is 17.5 Å². The third kappa shape index (κ3) is 4.12. The van der Waals surface area contributed by atoms with Crippen LogP contribution in [0.5, 0.6) is 11.5 Å². The van der Waals surface area contributed by atoms with Crippen LogP contribution < -0.4 is 15.2 Å². The van der Waals surface area contributed by atoms with E-state index in [1.807, 2.05) is 0 Å². The zero-order chi connectivity index (χ0) is 17.9. The van der Waals surface area contributed by atoms with Crippen molar-refractivity contribution in [1.29, 1.82) is 0 Å². The molecule has 0 aliphatic heterocycles. The number of rotatable bonds is 4. The normalized spacial score (nSPS) is 11.0. The Morgan fingerprint density at radius 2 is 1.75 bits per heavy atom. The van der Waals surface area contributed by atoms with Gasteiger partial charge in [-0.05, 0) is 30.3 Å². The Kier molecular flexibility index (Phi) is 4.58. The quantitative estimate of drug-likeness (QED) is 0.679. The molecule has 0 saturated heterocycles. The SMILES string of the molecule is O=C([O-])Nc1ccc(Oc2ccc([N+](=O)[O-])cc2)c(C(F)(F)F)c1. The predicted molar refractivity (Wildman–Crippen MR) is 73.6 cm³/mol. The molecule has 2 aromatic rings. The van der Waals surface area contributed by atoms with Gasteiger partial charge in [-0.3, -0.25) is 10.1 Å². The molecule has 0 spiro atoms. The molecule has 0 fully saturated rings. The maximum atomic E-state index is 13.1. The summed E-state index contributed by atoms with van der Waals surface area (Å²) < 4.78 is 44.3. The number of carbonyl (C=O) groups is 1. The number of carbonyl (C=O) groups excluding carboxylic acids is 1. The minimum atomic E-state index is -4.81. The number of hydrogen-bond acceptors (Lipinski definition) is 5. The van der Waals surface area contributed by atoms with Crippen molar-refractivity contribution in [3.63, 3.8) is 0 Å². The van der Waals surface area contributed by atoms with Crippen LogP contribution in [0.1, 0.15) is 5.56 Å². The van der Waals surface area contributed by atoms with Crippen LogP contribution in [0.15, 0.2) is 42.5 Å². The van der Waals surface area contributed by atoms with E-state index < -0.39 is 28.5 Å². The fourth-order valence-electron chi connectivity index (χ4n) is 1.80. The number of anilines is 1. The number of amides is 1. The van der Waals surface area contributed by atoms with Crippen LogP contribution in [-0.4, -0.2) is 11.0 Å². The summed E-state index contributed by atoms with van der Waals surface area (Å²) in [5.74, 6) is -0.632. The lowest BCUT2D eigenvalue weighted by Gasteiger charge is -2.16. The highest BCUT2D eigenvalue weighted by molar-refractivity contribution is 5.81. The van der Waals surface area contributed by atoms with Gasteiger partial charge in [0.2, 0.25) is 0 Å². The van der Waals surface area contributed by atoms with Crippen LogP contribution in [0.2, 0.25) is 0 Å². The molecule has 0 aliphatic carbocycles. The van der Waals surface area contributed by atoms with Gasteiger partial charge in [0.15, 0.2) is 0 Å². The summed E-state index contributed by atoms with van der Waals surface area (Å²) in [6, 6.07) is 6.98. The summed E-state index contributed by atoms with van der Waals surface area (Å²) in [5, 5.41) is 22.6. The molecule has 0 bridgehead atoms. The average molecular weight is 341 g/mol. The number of halogens is 3. The van der Waals surface area contributed by atoms with Crippen LogP contribution in [0.4, 0.5) is 29.3 Å². The smallest absolute Gasteiger partial charge is 0.420 e. The van der Waals surface area contributed by atoms with E-state index in [9.17, 15) is 33.2 Å². The summed E-state index contributed by atoms with van der Waals surface area (Å²) in [7, 11) is 0. The molecule has 0 atom stereocenters. The summed E-state index contributed by atoms with van der Waals surface area (Å²) in [6.45, 7) is 0. The first-order chi connectivity index (χ1) is 11.2. The molecule has 7 nitrogen and oxygen atoms in total. The number of benzene rings is 2. The molecule has 0 unspecified atom stereocenters. The lowest BCUT2D eigenvalue weighted by atomic mass is 10.1. The summed E-state index contributed by atoms with van der Waals surface area (Å²) in [5.41, 5.74) is -1.79. The van der Waals surface area contributed by atoms with Crippen molar-refractivity contribution in [2.45, 2.75) is 6.18 Å². The topological polar surface area (TPSA) is 105 Å². The molecule has 24 heavy (non-hydrogen) atoms. The minimum absolute atomic E-state index is 0.0493. The zero-order valence-corrected chi connectivity index (χ0v) is 11.7. The van der Waals surface area contributed by atoms with Crippen LogP contribution >= 0.6 is 0 Å². The first kappa shape index (κ1) is 17.1. The fourth-order valence-corrected chi connectivity index (χ4v) is 1.80. The maximum absolute atomic E-state index is 13.1. The second-order valence-corrected chi connectivity index (χ2v) is 4.47. The largest absolute Gasteiger partial charge is 0.530 e. The van der Waals surface area contributed by atoms with Gasteiger partial charge in [0.25, 0.3) is 5.69 Å². The monoisotopic (exact) mass is 341 g/mol. The van der Waals surface area contributed by atoms with Gasteiger partial charge in [0.1, 0.15) is 23.2 Å². The van der Waals surface area contributed by atoms with Crippen molar-refractivity contribution in [2.75, 3.05) is 5.32 Å². The number of nitrogens with one attached hydrogen (secondary N) is 1. The second kappa shape index (κ2) is 6.44. The van der Waals surface area contributed by atoms with Gasteiger partial charge < -0.3 is 20.0 Å². The second-order valence-electron chi connectivity index (χ2n) is 4.47. The fraction of sp³-hybridized carbons (Fsp3) is 0.0714. The highest BCUT2D eigenvalue weighted by atomic mass is 19.4. The Balaban J connectivity index is 2.34. The molecule has 2 rings (SSSR count). The van der Waals surface area contributed by atoms with Crippen molar-refractivity contribution in [2.24, 2.45) is 0 Å². The number of hydrogen-bond donors (Lipinski definition) is 1. The lowest BCUT2D eigenvalue weighted by molar-refractivity contribution is -0.384. The van der Waals surface area contributed by atoms with Crippen molar-refractivity contribution in [1.82, 2.24) is 0 Å². The molecule has 0 saturated carbocycles. The summed E-state index contributed by atoms with van der Waals surface area (Å²) in [6.07, 6.45) is -6.56. The Hall–Kier alpha value is -3.30. The van der Waals surface area contributed by atoms with Gasteiger partial charge in [-0.1, -0.05) is 0 Å². The number of ether oxygens (including phenoxy) is 1. The van der Waals surface area contributed by atoms with Crippen molar-refractivity contribution in [3.05, 3.63) is 58.1 Å². The minimum Gasteiger partial charge on any atom is -0.530 e. The zero-order valence-electron chi connectivity index (χ0n) is 11.7. The lowest BCUT2D eigenvalue weighted by Crippen LogP contribution is -2.28. The molecule has 1 amide bonds. The Morgan fingerprint density at radius 1 is 1.12 bits per heavy atom. The Bertz CT molecular complexity index is 775. The molecule has 0 aromatic heterocycles. The summed E-state index contributed by atoms with van der Waals surface area (Å²) in [4.78, 5) is 20.3. The maximum Gasteiger partial charge on any atom is 0.420 e. The first-order valence-corrected chi connectivity index (χ1v) is 6.28. The number of carboxylic acid groups (broad SMARTS) is 1. The number of alkyl halides is 3. The molecule has 10 heteroatoms. The van der Waals surface area contributed by atoms with Gasteiger partial charge in [0.05, 0.1) is 4.92 Å². The standard InChI is InChI=1S/C14H9F3N2O5/c15-14(16,17)11-7-8(18-13(20)21)1-6-12(11)24-10-4-2-9(3-5-10)19(22)23/h1-7,18H,(H,20,21)/p-1. The van der Waals surface area contributed by atoms with Crippen LogP contribution in [0.3, 0.4) is 0 Å². The van der Waals surface area contributed by atoms with E-state index in [2.05, 4.69) is 0 Å². The number of nitro groups is 1. The molecule has 126 valence electrons. The van der Waals surface area contributed by atoms with E-state index in [-0.39, 0.29) is 17.1 Å². The number of nitro benzene ring substituents is 1. The van der Waals surface area contributed by atoms with Crippen LogP contribution in [-0.2, 0) is 6.18 Å². The van der Waals surface area contributed by atoms with Gasteiger partial charge in [-0.15, -0.1) is 0 Å². The van der Waals surface area contributed by atoms with E-state index in [1.165, 1.54) is 0 Å². The van der Waals surface area contributed by atoms with Crippen molar-refractivity contribution < 1.29 is 32.7 Å². The molecule has 1 N–H and O–H groups in total. The highest BCUT2D eigenvalue weighted by Crippen LogP contribution is 2.39. The van der Waals surface area contributed by atoms with Gasteiger partial charge >= 0.3 is 6.18 Å². The predicted octanol–water partition coefficient (Wildman–Crippen LogP) is 3.16. The molecular formula is C14H8F3N2O5-. The van der Waals surface area contributed by atoms with Crippen LogP contribution in [0, 0.1) is 10.1 Å². The van der Waals surface area contributed by atoms with Gasteiger partial charge in [0, 0.05) is 17.8 Å². The third-order valence-corrected chi connectivity index (χ3v) is 2.81. The van der Waals surface area contributed by atoms with E-state index in [0.717, 1.165) is 36.4 Å². The van der Waals surface area contributed by atoms with Gasteiger partial charge in [-0.2, -0.15) is 13.2 Å². The number of nitrogens with zero attached hydrogens (tertiary/aromatic N) is 1. The van der Waals surface area contributed by atoms with Gasteiger partial charge in [-0.25, -0.2) is 0 Å². The molecule has 0 radical (unpaired) electrons. The summed E-state index contributed by atoms with van der Waals surface area (Å²) >= 11 is 0. The molecule has 0 aliphatic rings. The average Bonchev–Trinajstić information content (AvgIpc) is 2.47. The molecular weight excluding hydrogens is 333 g/mol. The number of non-ortho nitro benzene ring substituents is 1. The van der Waals surface area contributed by atoms with E-state index >= 15 is 0 Å². The molecule has 0 heterocycles. The third-order valence-electron chi connectivity index (χ3n) is 2.81. The first-order valence-electron chi connectivity index (χ1n) is 6.28. The van der Waals surface area contributed by atoms with E-state index in [0.29, 0.717) is 6.07 Å². The Morgan fingerprint density at radius 3 is 2.25 bits per heavy atom. The van der Waals surface area contributed by atoms with E-state index in [1.54, 1.807) is 5.32 Å².